The van der Waals surface area contributed by atoms with Gasteiger partial charge in [-0.3, -0.25) is 9.59 Å². The van der Waals surface area contributed by atoms with E-state index in [4.69, 9.17) is 4.74 Å². The lowest BCUT2D eigenvalue weighted by atomic mass is 9.89. The molecule has 2 aliphatic heterocycles. The molecular formula is C21H29FN2O6S. The highest BCUT2D eigenvalue weighted by Crippen LogP contribution is 2.29. The highest BCUT2D eigenvalue weighted by atomic mass is 32.2. The molecule has 0 spiro atoms. The molecule has 1 amide bonds. The van der Waals surface area contributed by atoms with Gasteiger partial charge in [-0.25, -0.2) is 12.8 Å². The molecule has 2 atom stereocenters. The summed E-state index contributed by atoms with van der Waals surface area (Å²) in [6.45, 7) is 1.69. The fourth-order valence-electron chi connectivity index (χ4n) is 4.23. The molecule has 0 bridgehead atoms. The molecule has 3 rings (SSSR count). The summed E-state index contributed by atoms with van der Waals surface area (Å²) in [5.74, 6) is -2.99. The van der Waals surface area contributed by atoms with Gasteiger partial charge in [0.05, 0.1) is 18.3 Å². The van der Waals surface area contributed by atoms with E-state index >= 15 is 0 Å². The van der Waals surface area contributed by atoms with Gasteiger partial charge in [-0.1, -0.05) is 12.1 Å². The van der Waals surface area contributed by atoms with Crippen LogP contribution in [0.1, 0.15) is 37.7 Å². The van der Waals surface area contributed by atoms with Crippen molar-refractivity contribution in [3.8, 4) is 0 Å². The number of piperidine rings is 1. The molecule has 31 heavy (non-hydrogen) atoms. The van der Waals surface area contributed by atoms with E-state index in [1.807, 2.05) is 0 Å². The fourth-order valence-corrected chi connectivity index (χ4v) is 5.94. The molecule has 1 N–H and O–H groups in total. The minimum Gasteiger partial charge on any atom is -0.480 e. The van der Waals surface area contributed by atoms with Crippen LogP contribution in [0, 0.1) is 11.7 Å². The van der Waals surface area contributed by atoms with Gasteiger partial charge in [0.2, 0.25) is 15.9 Å². The van der Waals surface area contributed by atoms with Crippen LogP contribution < -0.4 is 0 Å². The monoisotopic (exact) mass is 456 g/mol. The van der Waals surface area contributed by atoms with Crippen molar-refractivity contribution >= 4 is 21.9 Å². The Bertz CT molecular complexity index is 870. The number of hydrogen-bond acceptors (Lipinski definition) is 5. The van der Waals surface area contributed by atoms with Crippen molar-refractivity contribution < 1.29 is 32.2 Å². The van der Waals surface area contributed by atoms with Crippen molar-refractivity contribution in [3.63, 3.8) is 0 Å². The molecule has 0 aliphatic carbocycles. The number of carboxylic acid groups (broad SMARTS) is 1. The number of rotatable bonds is 9. The van der Waals surface area contributed by atoms with Gasteiger partial charge in [0.25, 0.3) is 0 Å². The van der Waals surface area contributed by atoms with Crippen LogP contribution in [0.25, 0.3) is 0 Å². The average Bonchev–Trinajstić information content (AvgIpc) is 3.28. The van der Waals surface area contributed by atoms with E-state index in [2.05, 4.69) is 0 Å². The summed E-state index contributed by atoms with van der Waals surface area (Å²) in [4.78, 5) is 26.5. The molecule has 172 valence electrons. The molecule has 2 fully saturated rings. The number of benzene rings is 1. The minimum atomic E-state index is -3.87. The van der Waals surface area contributed by atoms with Crippen molar-refractivity contribution in [1.29, 1.82) is 0 Å². The molecule has 2 heterocycles. The summed E-state index contributed by atoms with van der Waals surface area (Å²) in [7, 11) is -3.87. The zero-order chi connectivity index (χ0) is 22.4. The van der Waals surface area contributed by atoms with Gasteiger partial charge in [0, 0.05) is 26.2 Å². The van der Waals surface area contributed by atoms with Crippen molar-refractivity contribution in [2.24, 2.45) is 5.92 Å². The summed E-state index contributed by atoms with van der Waals surface area (Å²) in [6, 6.07) is 4.47. The Morgan fingerprint density at radius 3 is 2.42 bits per heavy atom. The van der Waals surface area contributed by atoms with E-state index in [1.54, 1.807) is 17.0 Å². The maximum absolute atomic E-state index is 12.9. The van der Waals surface area contributed by atoms with Crippen LogP contribution in [-0.2, 0) is 31.0 Å². The number of sulfonamides is 1. The first-order valence-electron chi connectivity index (χ1n) is 10.6. The maximum Gasteiger partial charge on any atom is 0.322 e. The number of carboxylic acids is 1. The van der Waals surface area contributed by atoms with Gasteiger partial charge in [0.1, 0.15) is 11.9 Å². The van der Waals surface area contributed by atoms with Gasteiger partial charge >= 0.3 is 5.97 Å². The van der Waals surface area contributed by atoms with E-state index in [-0.39, 0.29) is 43.7 Å². The Balaban J connectivity index is 1.56. The fraction of sp³-hybridized carbons (Fsp3) is 0.619. The topological polar surface area (TPSA) is 104 Å². The van der Waals surface area contributed by atoms with Crippen molar-refractivity contribution in [1.82, 2.24) is 9.21 Å². The highest BCUT2D eigenvalue weighted by molar-refractivity contribution is 7.89. The molecule has 1 aromatic rings. The van der Waals surface area contributed by atoms with Crippen LogP contribution in [-0.4, -0.2) is 72.6 Å². The standard InChI is InChI=1S/C21H29FN2O6S/c22-17-8-6-16(7-9-17)15-30-13-4-14-31(28,29)24-12-3-5-18(19(24)21(26)27)20(25)23-10-1-2-11-23/h6-9,18-19H,1-5,10-15H2,(H,26,27). The predicted octanol–water partition coefficient (Wildman–Crippen LogP) is 1.85. The summed E-state index contributed by atoms with van der Waals surface area (Å²) < 4.78 is 45.2. The number of amides is 1. The number of halogens is 1. The zero-order valence-electron chi connectivity index (χ0n) is 17.4. The number of likely N-dealkylation sites (tertiary alicyclic amines) is 1. The van der Waals surface area contributed by atoms with Gasteiger partial charge in [-0.15, -0.1) is 0 Å². The van der Waals surface area contributed by atoms with Gasteiger partial charge < -0.3 is 14.7 Å². The Labute approximate surface area is 182 Å². The Morgan fingerprint density at radius 1 is 1.10 bits per heavy atom. The molecule has 2 saturated heterocycles. The number of carbonyl (C=O) groups is 2. The van der Waals surface area contributed by atoms with Crippen LogP contribution >= 0.6 is 0 Å². The Kier molecular flexibility index (Phi) is 8.01. The third-order valence-corrected chi connectivity index (χ3v) is 7.73. The maximum atomic E-state index is 12.9. The normalized spacial score (nSPS) is 22.5. The lowest BCUT2D eigenvalue weighted by molar-refractivity contribution is -0.151. The first-order chi connectivity index (χ1) is 14.8. The second-order valence-electron chi connectivity index (χ2n) is 8.02. The van der Waals surface area contributed by atoms with Gasteiger partial charge in [-0.05, 0) is 49.8 Å². The van der Waals surface area contributed by atoms with E-state index in [0.29, 0.717) is 25.9 Å². The second kappa shape index (κ2) is 10.5. The molecular weight excluding hydrogens is 427 g/mol. The largest absolute Gasteiger partial charge is 0.480 e. The van der Waals surface area contributed by atoms with Gasteiger partial charge in [0.15, 0.2) is 0 Å². The van der Waals surface area contributed by atoms with E-state index in [0.717, 1.165) is 22.7 Å². The van der Waals surface area contributed by atoms with E-state index in [1.165, 1.54) is 12.1 Å². The molecule has 0 radical (unpaired) electrons. The van der Waals surface area contributed by atoms with Crippen LogP contribution in [0.3, 0.4) is 0 Å². The van der Waals surface area contributed by atoms with Crippen molar-refractivity contribution in [2.75, 3.05) is 32.0 Å². The summed E-state index contributed by atoms with van der Waals surface area (Å²) in [5.41, 5.74) is 0.773. The van der Waals surface area contributed by atoms with Gasteiger partial charge in [-0.2, -0.15) is 4.31 Å². The van der Waals surface area contributed by atoms with E-state index in [9.17, 15) is 27.5 Å². The average molecular weight is 457 g/mol. The van der Waals surface area contributed by atoms with Crippen LogP contribution in [0.4, 0.5) is 4.39 Å². The second-order valence-corrected chi connectivity index (χ2v) is 10.1. The third kappa shape index (κ3) is 6.02. The number of nitrogens with zero attached hydrogens (tertiary/aromatic N) is 2. The minimum absolute atomic E-state index is 0.0967. The predicted molar refractivity (Wildman–Crippen MR) is 111 cm³/mol. The van der Waals surface area contributed by atoms with Crippen molar-refractivity contribution in [3.05, 3.63) is 35.6 Å². The van der Waals surface area contributed by atoms with Crippen LogP contribution in [0.2, 0.25) is 0 Å². The summed E-state index contributed by atoms with van der Waals surface area (Å²) >= 11 is 0. The lowest BCUT2D eigenvalue weighted by Crippen LogP contribution is -2.57. The molecule has 2 unspecified atom stereocenters. The zero-order valence-corrected chi connectivity index (χ0v) is 18.2. The number of carbonyl (C=O) groups excluding carboxylic acids is 1. The lowest BCUT2D eigenvalue weighted by Gasteiger charge is -2.38. The quantitative estimate of drug-likeness (QED) is 0.569. The van der Waals surface area contributed by atoms with Crippen LogP contribution in [0.15, 0.2) is 24.3 Å². The molecule has 8 nitrogen and oxygen atoms in total. The first-order valence-corrected chi connectivity index (χ1v) is 12.2. The molecule has 2 aliphatic rings. The van der Waals surface area contributed by atoms with E-state index < -0.39 is 28.0 Å². The molecule has 10 heteroatoms. The highest BCUT2D eigenvalue weighted by Gasteiger charge is 2.46. The SMILES string of the molecule is O=C(O)C1C(C(=O)N2CCCC2)CCCN1S(=O)(=O)CCCOCc1ccc(F)cc1. The molecule has 0 aromatic heterocycles. The number of ether oxygens (including phenoxy) is 1. The number of aliphatic carboxylic acids is 1. The van der Waals surface area contributed by atoms with Crippen molar-refractivity contribution in [2.45, 2.75) is 44.8 Å². The molecule has 1 aromatic carbocycles. The Hall–Kier alpha value is -2.04. The first kappa shape index (κ1) is 23.6. The molecule has 0 saturated carbocycles. The number of hydrogen-bond donors (Lipinski definition) is 1. The summed E-state index contributed by atoms with van der Waals surface area (Å²) in [6.07, 6.45) is 2.79. The summed E-state index contributed by atoms with van der Waals surface area (Å²) in [5, 5.41) is 9.76. The third-order valence-electron chi connectivity index (χ3n) is 5.80. The Morgan fingerprint density at radius 2 is 1.77 bits per heavy atom. The van der Waals surface area contributed by atoms with Crippen LogP contribution in [0.5, 0.6) is 0 Å². The smallest absolute Gasteiger partial charge is 0.322 e.